The van der Waals surface area contributed by atoms with Crippen molar-refractivity contribution >= 4 is 27.2 Å². The van der Waals surface area contributed by atoms with E-state index < -0.39 is 0 Å². The van der Waals surface area contributed by atoms with Crippen LogP contribution < -0.4 is 0 Å². The molecule has 0 aromatic carbocycles. The summed E-state index contributed by atoms with van der Waals surface area (Å²) in [5.41, 5.74) is 1.65. The van der Waals surface area contributed by atoms with Crippen molar-refractivity contribution in [1.29, 1.82) is 0 Å². The summed E-state index contributed by atoms with van der Waals surface area (Å²) in [6.07, 6.45) is 1.83. The van der Waals surface area contributed by atoms with Crippen LogP contribution in [0.25, 0.3) is 0 Å². The fourth-order valence-corrected chi connectivity index (χ4v) is 0.306. The lowest BCUT2D eigenvalue weighted by Gasteiger charge is -1.67. The normalized spacial score (nSPS) is 7.40. The predicted octanol–water partition coefficient (Wildman–Crippen LogP) is 1.06. The second-order valence-corrected chi connectivity index (χ2v) is 2.50. The second-order valence-electron chi connectivity index (χ2n) is 0.333. The Kier molecular flexibility index (Phi) is 4.69. The highest BCUT2D eigenvalue weighted by Gasteiger charge is 1.69. The van der Waals surface area contributed by atoms with Gasteiger partial charge in [-0.3, -0.25) is 4.79 Å². The molecule has 0 bridgehead atoms. The van der Waals surface area contributed by atoms with Crippen molar-refractivity contribution in [2.24, 2.45) is 0 Å². The van der Waals surface area contributed by atoms with Crippen molar-refractivity contribution in [1.82, 2.24) is 0 Å². The molecular weight excluding hydrogens is 104 g/mol. The van der Waals surface area contributed by atoms with Gasteiger partial charge in [-0.25, -0.2) is 0 Å². The van der Waals surface area contributed by atoms with Crippen LogP contribution in [-0.4, -0.2) is 11.9 Å². The Hall–Kier alpha value is 0.370. The summed E-state index contributed by atoms with van der Waals surface area (Å²) in [4.78, 5) is 9.22. The Morgan fingerprint density at radius 2 is 2.40 bits per heavy atom. The van der Waals surface area contributed by atoms with Crippen molar-refractivity contribution in [2.45, 2.75) is 0 Å². The number of carbonyl (C=O) groups excluding carboxylic acids is 1. The quantitative estimate of drug-likeness (QED) is 0.491. The average molecular weight is 107 g/mol. The van der Waals surface area contributed by atoms with Gasteiger partial charge in [0.25, 0.3) is 5.62 Å². The standard InChI is InChI=1S/C2H3OS2/c1-4-5-2-3/h1H3. The molecule has 0 aliphatic carbocycles. The zero-order chi connectivity index (χ0) is 4.12. The average Bonchev–Trinajstić information content (AvgIpc) is 1.41. The van der Waals surface area contributed by atoms with Crippen molar-refractivity contribution in [3.8, 4) is 0 Å². The molecule has 0 aliphatic rings. The molecule has 0 fully saturated rings. The highest BCUT2D eigenvalue weighted by atomic mass is 33.1. The first kappa shape index (κ1) is 5.37. The monoisotopic (exact) mass is 107 g/mol. The molecule has 0 unspecified atom stereocenters. The Balaban J connectivity index is 2.40. The summed E-state index contributed by atoms with van der Waals surface area (Å²) in [5.74, 6) is 0. The molecule has 0 amide bonds. The molecule has 0 heterocycles. The van der Waals surface area contributed by atoms with Crippen molar-refractivity contribution < 1.29 is 4.79 Å². The molecule has 0 aliphatic heterocycles. The van der Waals surface area contributed by atoms with Gasteiger partial charge in [0.2, 0.25) is 0 Å². The third kappa shape index (κ3) is 4.37. The minimum absolute atomic E-state index is 1.07. The Morgan fingerprint density at radius 1 is 1.80 bits per heavy atom. The third-order valence-electron chi connectivity index (χ3n) is 0.117. The van der Waals surface area contributed by atoms with Gasteiger partial charge in [0.1, 0.15) is 0 Å². The van der Waals surface area contributed by atoms with Crippen molar-refractivity contribution in [2.75, 3.05) is 6.26 Å². The van der Waals surface area contributed by atoms with Gasteiger partial charge in [-0.15, -0.1) is 0 Å². The van der Waals surface area contributed by atoms with Crippen LogP contribution in [0.15, 0.2) is 0 Å². The molecule has 0 spiro atoms. The van der Waals surface area contributed by atoms with Crippen LogP contribution in [0.2, 0.25) is 0 Å². The van der Waals surface area contributed by atoms with Crippen LogP contribution in [0.5, 0.6) is 0 Å². The van der Waals surface area contributed by atoms with Crippen molar-refractivity contribution in [3.63, 3.8) is 0 Å². The molecule has 1 nitrogen and oxygen atoms in total. The first-order valence-electron chi connectivity index (χ1n) is 0.983. The van der Waals surface area contributed by atoms with Gasteiger partial charge in [0, 0.05) is 0 Å². The molecule has 0 N–H and O–H groups in total. The molecule has 0 saturated carbocycles. The van der Waals surface area contributed by atoms with Gasteiger partial charge in [-0.2, -0.15) is 0 Å². The smallest absolute Gasteiger partial charge is 0.276 e. The van der Waals surface area contributed by atoms with Crippen molar-refractivity contribution in [3.05, 3.63) is 0 Å². The number of rotatable bonds is 2. The van der Waals surface area contributed by atoms with Gasteiger partial charge in [-0.05, 0) is 17.0 Å². The predicted molar refractivity (Wildman–Crippen MR) is 26.8 cm³/mol. The van der Waals surface area contributed by atoms with E-state index in [-0.39, 0.29) is 0 Å². The first-order chi connectivity index (χ1) is 2.41. The molecule has 1 radical (unpaired) electrons. The number of hydrogen-bond acceptors (Lipinski definition) is 3. The van der Waals surface area contributed by atoms with Crippen LogP contribution in [-0.2, 0) is 4.79 Å². The summed E-state index contributed by atoms with van der Waals surface area (Å²) < 4.78 is 0. The lowest BCUT2D eigenvalue weighted by Crippen LogP contribution is -1.43. The second kappa shape index (κ2) is 4.37. The Morgan fingerprint density at radius 3 is 2.40 bits per heavy atom. The summed E-state index contributed by atoms with van der Waals surface area (Å²) in [7, 11) is 2.47. The molecule has 0 saturated heterocycles. The maximum absolute atomic E-state index is 9.22. The molecule has 0 aromatic rings. The van der Waals surface area contributed by atoms with Crippen LogP contribution in [0, 0.1) is 0 Å². The maximum atomic E-state index is 9.22. The van der Waals surface area contributed by atoms with Gasteiger partial charge < -0.3 is 0 Å². The molecule has 0 atom stereocenters. The molecule has 5 heavy (non-hydrogen) atoms. The fourth-order valence-electron chi connectivity index (χ4n) is 0.0340. The van der Waals surface area contributed by atoms with E-state index in [9.17, 15) is 4.79 Å². The summed E-state index contributed by atoms with van der Waals surface area (Å²) in [5, 5.41) is 0. The van der Waals surface area contributed by atoms with E-state index in [4.69, 9.17) is 0 Å². The molecule has 3 heteroatoms. The maximum Gasteiger partial charge on any atom is 0.277 e. The van der Waals surface area contributed by atoms with E-state index in [1.54, 1.807) is 5.62 Å². The fraction of sp³-hybridized carbons (Fsp3) is 0.500. The van der Waals surface area contributed by atoms with Crippen LogP contribution in [0.4, 0.5) is 0 Å². The lowest BCUT2D eigenvalue weighted by molar-refractivity contribution is 0.570. The zero-order valence-corrected chi connectivity index (χ0v) is 4.36. The minimum Gasteiger partial charge on any atom is -0.276 e. The van der Waals surface area contributed by atoms with Gasteiger partial charge in [-0.1, -0.05) is 10.8 Å². The molecular formula is C2H3OS2. The third-order valence-corrected chi connectivity index (χ3v) is 1.06. The summed E-state index contributed by atoms with van der Waals surface area (Å²) in [6.45, 7) is 0. The lowest BCUT2D eigenvalue weighted by atomic mass is 11.8. The zero-order valence-electron chi connectivity index (χ0n) is 2.72. The molecule has 29 valence electrons. The number of hydrogen-bond donors (Lipinski definition) is 0. The van der Waals surface area contributed by atoms with Crippen LogP contribution >= 0.6 is 21.6 Å². The van der Waals surface area contributed by atoms with Gasteiger partial charge in [0.05, 0.1) is 0 Å². The minimum atomic E-state index is 1.07. The first-order valence-corrected chi connectivity index (χ1v) is 3.54. The molecule has 0 rings (SSSR count). The van der Waals surface area contributed by atoms with E-state index in [1.165, 1.54) is 10.8 Å². The van der Waals surface area contributed by atoms with E-state index in [0.717, 1.165) is 10.8 Å². The van der Waals surface area contributed by atoms with E-state index in [0.29, 0.717) is 0 Å². The van der Waals surface area contributed by atoms with Crippen LogP contribution in [0.1, 0.15) is 0 Å². The van der Waals surface area contributed by atoms with E-state index in [1.807, 2.05) is 6.26 Å². The largest absolute Gasteiger partial charge is 0.277 e. The summed E-state index contributed by atoms with van der Waals surface area (Å²) in [6, 6.07) is 0. The van der Waals surface area contributed by atoms with Gasteiger partial charge in [0.15, 0.2) is 0 Å². The summed E-state index contributed by atoms with van der Waals surface area (Å²) >= 11 is 0. The van der Waals surface area contributed by atoms with E-state index in [2.05, 4.69) is 0 Å². The highest BCUT2D eigenvalue weighted by molar-refractivity contribution is 8.81. The Labute approximate surface area is 38.9 Å². The highest BCUT2D eigenvalue weighted by Crippen LogP contribution is 2.10. The van der Waals surface area contributed by atoms with Crippen LogP contribution in [0.3, 0.4) is 0 Å². The Bertz CT molecular complexity index is 28.8. The SMILES string of the molecule is CSS[C]=O. The van der Waals surface area contributed by atoms with Gasteiger partial charge >= 0.3 is 0 Å². The topological polar surface area (TPSA) is 17.1 Å². The molecule has 0 aromatic heterocycles. The van der Waals surface area contributed by atoms with E-state index >= 15 is 0 Å².